The molecule has 13 heavy (non-hydrogen) atoms. The van der Waals surface area contributed by atoms with Crippen molar-refractivity contribution in [3.8, 4) is 0 Å². The highest BCUT2D eigenvalue weighted by Crippen LogP contribution is 2.10. The Kier molecular flexibility index (Phi) is 3.63. The molecule has 0 aliphatic heterocycles. The second kappa shape index (κ2) is 4.76. The number of nitrogens with one attached hydrogen (secondary N) is 1. The number of aromatic nitrogens is 2. The maximum atomic E-state index is 10.3. The van der Waals surface area contributed by atoms with Gasteiger partial charge >= 0.3 is 5.97 Å². The molecule has 2 N–H and O–H groups in total. The van der Waals surface area contributed by atoms with Gasteiger partial charge in [-0.05, 0) is 5.92 Å². The van der Waals surface area contributed by atoms with Gasteiger partial charge in [0.1, 0.15) is 5.51 Å². The predicted octanol–water partition coefficient (Wildman–Crippen LogP) is 1.06. The second-order valence-corrected chi connectivity index (χ2v) is 3.66. The number of hydrogen-bond acceptors (Lipinski definition) is 5. The van der Waals surface area contributed by atoms with Crippen LogP contribution < -0.4 is 5.32 Å². The summed E-state index contributed by atoms with van der Waals surface area (Å²) in [6.45, 7) is 2.49. The van der Waals surface area contributed by atoms with Crippen LogP contribution in [0.3, 0.4) is 0 Å². The summed E-state index contributed by atoms with van der Waals surface area (Å²) >= 11 is 1.40. The van der Waals surface area contributed by atoms with Gasteiger partial charge in [0.05, 0.1) is 0 Å². The Hall–Kier alpha value is -1.17. The maximum absolute atomic E-state index is 10.3. The Bertz CT molecular complexity index is 263. The fraction of sp³-hybridized carbons (Fsp3) is 0.571. The molecule has 0 spiro atoms. The van der Waals surface area contributed by atoms with E-state index in [2.05, 4.69) is 15.5 Å². The van der Waals surface area contributed by atoms with E-state index in [1.54, 1.807) is 5.51 Å². The second-order valence-electron chi connectivity index (χ2n) is 2.83. The Morgan fingerprint density at radius 3 is 3.15 bits per heavy atom. The zero-order valence-electron chi connectivity index (χ0n) is 7.23. The molecule has 0 aliphatic carbocycles. The minimum absolute atomic E-state index is 0.0985. The van der Waals surface area contributed by atoms with Crippen molar-refractivity contribution in [2.45, 2.75) is 13.3 Å². The van der Waals surface area contributed by atoms with Gasteiger partial charge in [0.2, 0.25) is 5.13 Å². The van der Waals surface area contributed by atoms with Crippen molar-refractivity contribution in [3.05, 3.63) is 5.51 Å². The SMILES string of the molecule is CC(CNc1nncs1)CC(=O)O. The van der Waals surface area contributed by atoms with E-state index in [-0.39, 0.29) is 12.3 Å². The lowest BCUT2D eigenvalue weighted by molar-refractivity contribution is -0.137. The van der Waals surface area contributed by atoms with E-state index >= 15 is 0 Å². The molecule has 6 heteroatoms. The van der Waals surface area contributed by atoms with Gasteiger partial charge in [-0.2, -0.15) is 0 Å². The van der Waals surface area contributed by atoms with Crippen molar-refractivity contribution in [1.29, 1.82) is 0 Å². The van der Waals surface area contributed by atoms with E-state index in [9.17, 15) is 4.79 Å². The summed E-state index contributed by atoms with van der Waals surface area (Å²) in [7, 11) is 0. The summed E-state index contributed by atoms with van der Waals surface area (Å²) < 4.78 is 0. The van der Waals surface area contributed by atoms with Crippen molar-refractivity contribution in [1.82, 2.24) is 10.2 Å². The molecule has 1 aromatic heterocycles. The highest BCUT2D eigenvalue weighted by atomic mass is 32.1. The van der Waals surface area contributed by atoms with Crippen molar-refractivity contribution < 1.29 is 9.90 Å². The summed E-state index contributed by atoms with van der Waals surface area (Å²) in [5.41, 5.74) is 1.63. The molecule has 0 amide bonds. The number of carbonyl (C=O) groups is 1. The number of carboxylic acids is 1. The highest BCUT2D eigenvalue weighted by molar-refractivity contribution is 7.13. The third kappa shape index (κ3) is 3.84. The molecule has 0 aliphatic rings. The van der Waals surface area contributed by atoms with E-state index in [1.807, 2.05) is 6.92 Å². The van der Waals surface area contributed by atoms with Gasteiger partial charge in [-0.3, -0.25) is 4.79 Å². The molecular weight excluding hydrogens is 190 g/mol. The van der Waals surface area contributed by atoms with E-state index in [0.29, 0.717) is 6.54 Å². The van der Waals surface area contributed by atoms with Gasteiger partial charge in [0.15, 0.2) is 0 Å². The topological polar surface area (TPSA) is 75.1 Å². The molecule has 1 rings (SSSR count). The van der Waals surface area contributed by atoms with Gasteiger partial charge in [0.25, 0.3) is 0 Å². The molecule has 0 aromatic carbocycles. The fourth-order valence-electron chi connectivity index (χ4n) is 0.882. The highest BCUT2D eigenvalue weighted by Gasteiger charge is 2.07. The minimum Gasteiger partial charge on any atom is -0.481 e. The van der Waals surface area contributed by atoms with Gasteiger partial charge in [-0.15, -0.1) is 10.2 Å². The lowest BCUT2D eigenvalue weighted by Crippen LogP contribution is -2.14. The Labute approximate surface area is 79.8 Å². The number of aliphatic carboxylic acids is 1. The molecular formula is C7H11N3O2S. The maximum Gasteiger partial charge on any atom is 0.303 e. The third-order valence-corrected chi connectivity index (χ3v) is 2.13. The van der Waals surface area contributed by atoms with Crippen LogP contribution in [0.4, 0.5) is 5.13 Å². The largest absolute Gasteiger partial charge is 0.481 e. The molecule has 0 bridgehead atoms. The van der Waals surface area contributed by atoms with E-state index in [0.717, 1.165) is 5.13 Å². The van der Waals surface area contributed by atoms with Crippen molar-refractivity contribution >= 4 is 22.4 Å². The first-order valence-corrected chi connectivity index (χ1v) is 4.78. The van der Waals surface area contributed by atoms with Crippen LogP contribution in [0.2, 0.25) is 0 Å². The summed E-state index contributed by atoms with van der Waals surface area (Å²) in [5, 5.41) is 19.7. The zero-order valence-corrected chi connectivity index (χ0v) is 8.04. The van der Waals surface area contributed by atoms with Crippen LogP contribution in [0.5, 0.6) is 0 Å². The zero-order chi connectivity index (χ0) is 9.68. The average Bonchev–Trinajstić information content (AvgIpc) is 2.51. The van der Waals surface area contributed by atoms with Gasteiger partial charge in [0, 0.05) is 13.0 Å². The number of anilines is 1. The van der Waals surface area contributed by atoms with Crippen LogP contribution in [-0.4, -0.2) is 27.8 Å². The van der Waals surface area contributed by atoms with E-state index in [1.165, 1.54) is 11.3 Å². The van der Waals surface area contributed by atoms with Gasteiger partial charge < -0.3 is 10.4 Å². The van der Waals surface area contributed by atoms with E-state index in [4.69, 9.17) is 5.11 Å². The van der Waals surface area contributed by atoms with Crippen molar-refractivity contribution in [2.24, 2.45) is 5.92 Å². The summed E-state index contributed by atoms with van der Waals surface area (Å²) in [5.74, 6) is -0.673. The predicted molar refractivity (Wildman–Crippen MR) is 49.8 cm³/mol. The summed E-state index contributed by atoms with van der Waals surface area (Å²) in [4.78, 5) is 10.3. The third-order valence-electron chi connectivity index (χ3n) is 1.48. The molecule has 5 nitrogen and oxygen atoms in total. The number of carboxylic acid groups (broad SMARTS) is 1. The quantitative estimate of drug-likeness (QED) is 0.745. The molecule has 1 heterocycles. The van der Waals surface area contributed by atoms with Gasteiger partial charge in [-0.1, -0.05) is 18.3 Å². The molecule has 0 saturated heterocycles. The monoisotopic (exact) mass is 201 g/mol. The first-order chi connectivity index (χ1) is 6.18. The van der Waals surface area contributed by atoms with Crippen LogP contribution in [0.15, 0.2) is 5.51 Å². The first-order valence-electron chi connectivity index (χ1n) is 3.90. The number of rotatable bonds is 5. The molecule has 1 aromatic rings. The summed E-state index contributed by atoms with van der Waals surface area (Å²) in [6, 6.07) is 0. The van der Waals surface area contributed by atoms with Crippen LogP contribution in [0.1, 0.15) is 13.3 Å². The summed E-state index contributed by atoms with van der Waals surface area (Å²) in [6.07, 6.45) is 0.172. The lowest BCUT2D eigenvalue weighted by Gasteiger charge is -2.07. The van der Waals surface area contributed by atoms with Gasteiger partial charge in [-0.25, -0.2) is 0 Å². The normalized spacial score (nSPS) is 12.4. The van der Waals surface area contributed by atoms with Crippen molar-refractivity contribution in [3.63, 3.8) is 0 Å². The number of nitrogens with zero attached hydrogens (tertiary/aromatic N) is 2. The molecule has 1 unspecified atom stereocenters. The van der Waals surface area contributed by atoms with Crippen molar-refractivity contribution in [2.75, 3.05) is 11.9 Å². The Balaban J connectivity index is 2.22. The van der Waals surface area contributed by atoms with Crippen LogP contribution in [0.25, 0.3) is 0 Å². The van der Waals surface area contributed by atoms with E-state index < -0.39 is 5.97 Å². The standard InChI is InChI=1S/C7H11N3O2S/c1-5(2-6(11)12)3-8-7-10-9-4-13-7/h4-5H,2-3H2,1H3,(H,8,10)(H,11,12). The molecule has 0 saturated carbocycles. The minimum atomic E-state index is -0.772. The molecule has 0 fully saturated rings. The average molecular weight is 201 g/mol. The van der Waals surface area contributed by atoms with Crippen LogP contribution >= 0.6 is 11.3 Å². The first kappa shape index (κ1) is 9.91. The molecule has 72 valence electrons. The number of hydrogen-bond donors (Lipinski definition) is 2. The smallest absolute Gasteiger partial charge is 0.303 e. The van der Waals surface area contributed by atoms with Crippen LogP contribution in [-0.2, 0) is 4.79 Å². The molecule has 0 radical (unpaired) electrons. The fourth-order valence-corrected chi connectivity index (χ4v) is 1.34. The Morgan fingerprint density at radius 2 is 2.62 bits per heavy atom. The Morgan fingerprint density at radius 1 is 1.85 bits per heavy atom. The molecule has 1 atom stereocenters. The lowest BCUT2D eigenvalue weighted by atomic mass is 10.1. The van der Waals surface area contributed by atoms with Crippen LogP contribution in [0, 0.1) is 5.92 Å².